The molecule has 1 atom stereocenters. The van der Waals surface area contributed by atoms with E-state index in [2.05, 4.69) is 15.0 Å². The summed E-state index contributed by atoms with van der Waals surface area (Å²) in [5, 5.41) is 2.62. The largest absolute Gasteiger partial charge is 0.488 e. The third kappa shape index (κ3) is 7.40. The van der Waals surface area contributed by atoms with Gasteiger partial charge in [-0.25, -0.2) is 13.8 Å². The van der Waals surface area contributed by atoms with Gasteiger partial charge in [-0.3, -0.25) is 0 Å². The lowest BCUT2D eigenvalue weighted by atomic mass is 9.77. The van der Waals surface area contributed by atoms with E-state index in [1.54, 1.807) is 44.2 Å². The van der Waals surface area contributed by atoms with Gasteiger partial charge in [-0.15, -0.1) is 11.3 Å². The molecule has 0 radical (unpaired) electrons. The minimum absolute atomic E-state index is 0.0944. The van der Waals surface area contributed by atoms with E-state index in [1.807, 2.05) is 0 Å². The molecular weight excluding hydrogens is 623 g/mol. The number of alkyl halides is 7. The number of nitrogens with one attached hydrogen (secondary N) is 1. The third-order valence-electron chi connectivity index (χ3n) is 6.36. The highest BCUT2D eigenvalue weighted by molar-refractivity contribution is 7.15. The number of anilines is 1. The molecule has 0 aliphatic rings. The number of ether oxygens (including phenoxy) is 2. The fourth-order valence-electron chi connectivity index (χ4n) is 4.54. The van der Waals surface area contributed by atoms with E-state index in [0.717, 1.165) is 18.2 Å². The van der Waals surface area contributed by atoms with Crippen LogP contribution in [-0.2, 0) is 18.1 Å². The molecule has 4 aromatic rings. The smallest absolute Gasteiger partial charge is 0.461 e. The minimum Gasteiger partial charge on any atom is -0.488 e. The molecule has 0 fully saturated rings. The van der Waals surface area contributed by atoms with Crippen LogP contribution in [0.5, 0.6) is 11.5 Å². The number of benzene rings is 3. The van der Waals surface area contributed by atoms with E-state index in [9.17, 15) is 35.1 Å². The summed E-state index contributed by atoms with van der Waals surface area (Å²) in [6.07, 6.45) is -14.8. The summed E-state index contributed by atoms with van der Waals surface area (Å²) >= 11 is 0.617. The van der Waals surface area contributed by atoms with Gasteiger partial charge in [0.05, 0.1) is 11.6 Å². The zero-order valence-electron chi connectivity index (χ0n) is 23.3. The summed E-state index contributed by atoms with van der Waals surface area (Å²) in [6.45, 7) is 4.44. The van der Waals surface area contributed by atoms with E-state index in [4.69, 9.17) is 4.74 Å². The van der Waals surface area contributed by atoms with Crippen molar-refractivity contribution in [3.05, 3.63) is 106 Å². The van der Waals surface area contributed by atoms with Crippen molar-refractivity contribution in [3.63, 3.8) is 0 Å². The zero-order chi connectivity index (χ0) is 32.4. The SMILES string of the molecule is Cc1sc(NC(Cc2ccccc2)(c2cc(F)cc(OC(F)(F)C(F)F)c2)c2ccc(F)c(OC(C)C)c2)nc1C(F)(F)F. The number of halogens is 9. The molecule has 1 heterocycles. The number of nitrogens with zero attached hydrogens (tertiary/aromatic N) is 1. The van der Waals surface area contributed by atoms with Crippen LogP contribution in [0.4, 0.5) is 44.6 Å². The Morgan fingerprint density at radius 2 is 1.57 bits per heavy atom. The second-order valence-corrected chi connectivity index (χ2v) is 11.3. The van der Waals surface area contributed by atoms with Gasteiger partial charge in [0.1, 0.15) is 11.6 Å². The number of rotatable bonds is 11. The molecule has 14 heteroatoms. The Bertz CT molecular complexity index is 1590. The minimum atomic E-state index is -5.00. The van der Waals surface area contributed by atoms with Gasteiger partial charge in [0.15, 0.2) is 22.4 Å². The van der Waals surface area contributed by atoms with Crippen molar-refractivity contribution >= 4 is 16.5 Å². The summed E-state index contributed by atoms with van der Waals surface area (Å²) in [4.78, 5) is 3.50. The van der Waals surface area contributed by atoms with E-state index >= 15 is 4.39 Å². The van der Waals surface area contributed by atoms with Gasteiger partial charge in [-0.2, -0.15) is 30.7 Å². The van der Waals surface area contributed by atoms with E-state index < -0.39 is 53.4 Å². The normalized spacial score (nSPS) is 13.7. The van der Waals surface area contributed by atoms with Crippen molar-refractivity contribution < 1.29 is 49.0 Å². The maximum atomic E-state index is 15.1. The number of hydrogen-bond acceptors (Lipinski definition) is 5. The molecular formula is C30H25F9N2O2S. The summed E-state index contributed by atoms with van der Waals surface area (Å²) in [5.74, 6) is -3.23. The second kappa shape index (κ2) is 12.6. The maximum Gasteiger partial charge on any atom is 0.461 e. The van der Waals surface area contributed by atoms with Gasteiger partial charge in [-0.05, 0) is 61.7 Å². The fraction of sp³-hybridized carbons (Fsp3) is 0.300. The molecule has 44 heavy (non-hydrogen) atoms. The van der Waals surface area contributed by atoms with Crippen LogP contribution in [0.2, 0.25) is 0 Å². The Balaban J connectivity index is 2.03. The van der Waals surface area contributed by atoms with Crippen LogP contribution in [-0.4, -0.2) is 23.6 Å². The molecule has 0 amide bonds. The van der Waals surface area contributed by atoms with Crippen molar-refractivity contribution in [2.45, 2.75) is 57.5 Å². The fourth-order valence-corrected chi connectivity index (χ4v) is 5.45. The van der Waals surface area contributed by atoms with Crippen LogP contribution in [0, 0.1) is 18.6 Å². The molecule has 4 rings (SSSR count). The monoisotopic (exact) mass is 648 g/mol. The second-order valence-electron chi connectivity index (χ2n) is 10.1. The van der Waals surface area contributed by atoms with Gasteiger partial charge in [0.2, 0.25) is 0 Å². The first-order valence-electron chi connectivity index (χ1n) is 13.0. The first kappa shape index (κ1) is 33.0. The Kier molecular flexibility index (Phi) is 9.43. The van der Waals surface area contributed by atoms with Crippen molar-refractivity contribution in [1.82, 2.24) is 4.98 Å². The Morgan fingerprint density at radius 1 is 0.886 bits per heavy atom. The summed E-state index contributed by atoms with van der Waals surface area (Å²) < 4.78 is 135. The summed E-state index contributed by atoms with van der Waals surface area (Å²) in [5.41, 5.74) is -2.69. The Hall–Kier alpha value is -3.94. The lowest BCUT2D eigenvalue weighted by Crippen LogP contribution is -2.40. The van der Waals surface area contributed by atoms with Gasteiger partial charge in [0, 0.05) is 17.4 Å². The number of aryl methyl sites for hydroxylation is 1. The molecule has 236 valence electrons. The maximum absolute atomic E-state index is 15.1. The zero-order valence-corrected chi connectivity index (χ0v) is 24.1. The molecule has 3 aromatic carbocycles. The lowest BCUT2D eigenvalue weighted by Gasteiger charge is -2.37. The predicted molar refractivity (Wildman–Crippen MR) is 147 cm³/mol. The molecule has 0 saturated heterocycles. The van der Waals surface area contributed by atoms with Gasteiger partial charge in [-0.1, -0.05) is 36.4 Å². The number of thiazole rings is 1. The van der Waals surface area contributed by atoms with Gasteiger partial charge < -0.3 is 14.8 Å². The molecule has 1 N–H and O–H groups in total. The first-order chi connectivity index (χ1) is 20.5. The van der Waals surface area contributed by atoms with Crippen molar-refractivity contribution in [2.24, 2.45) is 0 Å². The van der Waals surface area contributed by atoms with Crippen LogP contribution in [0.3, 0.4) is 0 Å². The van der Waals surface area contributed by atoms with Crippen molar-refractivity contribution in [2.75, 3.05) is 5.32 Å². The Labute approximate surface area is 250 Å². The quantitative estimate of drug-likeness (QED) is 0.165. The van der Waals surface area contributed by atoms with E-state index in [1.165, 1.54) is 19.1 Å². The van der Waals surface area contributed by atoms with E-state index in [0.29, 0.717) is 23.0 Å². The van der Waals surface area contributed by atoms with E-state index in [-0.39, 0.29) is 33.3 Å². The molecule has 0 aliphatic heterocycles. The van der Waals surface area contributed by atoms with Crippen molar-refractivity contribution in [1.29, 1.82) is 0 Å². The van der Waals surface area contributed by atoms with Crippen LogP contribution in [0.15, 0.2) is 66.7 Å². The first-order valence-corrected chi connectivity index (χ1v) is 13.8. The number of aromatic nitrogens is 1. The standard InChI is InChI=1S/C30H25F9N2O2S/c1-16(2)42-24-13-19(9-10-23(24)32)28(15-18-7-5-4-6-8-18,41-27-40-25(17(3)44-27)29(35,36)37)20-11-21(31)14-22(12-20)43-30(38,39)26(33)34/h4-14,16,26H,15H2,1-3H3,(H,40,41). The van der Waals surface area contributed by atoms with Crippen LogP contribution in [0.25, 0.3) is 0 Å². The van der Waals surface area contributed by atoms with Crippen LogP contribution in [0.1, 0.15) is 41.1 Å². The van der Waals surface area contributed by atoms with Crippen molar-refractivity contribution in [3.8, 4) is 11.5 Å². The summed E-state index contributed by atoms with van der Waals surface area (Å²) in [6, 6.07) is 14.0. The molecule has 0 saturated carbocycles. The highest BCUT2D eigenvalue weighted by Gasteiger charge is 2.45. The van der Waals surface area contributed by atoms with Gasteiger partial charge in [0.25, 0.3) is 0 Å². The molecule has 1 aromatic heterocycles. The number of hydrogen-bond donors (Lipinski definition) is 1. The molecule has 0 bridgehead atoms. The highest BCUT2D eigenvalue weighted by atomic mass is 32.1. The lowest BCUT2D eigenvalue weighted by molar-refractivity contribution is -0.253. The topological polar surface area (TPSA) is 43.4 Å². The average molecular weight is 649 g/mol. The average Bonchev–Trinajstić information content (AvgIpc) is 3.29. The predicted octanol–water partition coefficient (Wildman–Crippen LogP) is 9.37. The third-order valence-corrected chi connectivity index (χ3v) is 7.24. The summed E-state index contributed by atoms with van der Waals surface area (Å²) in [7, 11) is 0. The molecule has 0 spiro atoms. The molecule has 1 unspecified atom stereocenters. The van der Waals surface area contributed by atoms with Crippen LogP contribution < -0.4 is 14.8 Å². The Morgan fingerprint density at radius 3 is 2.16 bits per heavy atom. The molecule has 0 aliphatic carbocycles. The molecule has 4 nitrogen and oxygen atoms in total. The highest BCUT2D eigenvalue weighted by Crippen LogP contribution is 2.44. The van der Waals surface area contributed by atoms with Crippen LogP contribution >= 0.6 is 11.3 Å². The van der Waals surface area contributed by atoms with Gasteiger partial charge >= 0.3 is 18.7 Å².